The predicted molar refractivity (Wildman–Crippen MR) is 56.1 cm³/mol. The van der Waals surface area contributed by atoms with Crippen molar-refractivity contribution in [3.05, 3.63) is 29.3 Å². The minimum absolute atomic E-state index is 0.382. The Balaban J connectivity index is 2.27. The summed E-state index contributed by atoms with van der Waals surface area (Å²) < 4.78 is 0. The topological polar surface area (TPSA) is 43.7 Å². The van der Waals surface area contributed by atoms with Gasteiger partial charge in [-0.05, 0) is 37.0 Å². The van der Waals surface area contributed by atoms with Crippen LogP contribution in [0.2, 0.25) is 6.82 Å². The normalized spacial score (nSPS) is 16.4. The second-order valence-electron chi connectivity index (χ2n) is 3.77. The highest BCUT2D eigenvalue weighted by atomic mass is 16.3. The molecule has 0 amide bonds. The molecule has 0 aromatic heterocycles. The van der Waals surface area contributed by atoms with E-state index in [0.717, 1.165) is 30.6 Å². The van der Waals surface area contributed by atoms with E-state index in [1.54, 1.807) is 12.9 Å². The number of benzene rings is 1. The quantitative estimate of drug-likeness (QED) is 0.647. The Morgan fingerprint density at radius 3 is 2.93 bits per heavy atom. The third-order valence-electron chi connectivity index (χ3n) is 2.80. The molecule has 14 heavy (non-hydrogen) atoms. The fraction of sp³-hybridized carbons (Fsp3) is 0.400. The van der Waals surface area contributed by atoms with Gasteiger partial charge in [0.1, 0.15) is 5.75 Å². The third-order valence-corrected chi connectivity index (χ3v) is 2.80. The predicted octanol–water partition coefficient (Wildman–Crippen LogP) is 0.861. The number of fused-ring (bicyclic) bond motifs is 1. The molecule has 1 aliphatic heterocycles. The van der Waals surface area contributed by atoms with Crippen molar-refractivity contribution in [1.82, 2.24) is 4.81 Å². The zero-order valence-electron chi connectivity index (χ0n) is 8.27. The Morgan fingerprint density at radius 2 is 2.21 bits per heavy atom. The summed E-state index contributed by atoms with van der Waals surface area (Å²) >= 11 is 0. The van der Waals surface area contributed by atoms with Crippen LogP contribution in [0.25, 0.3) is 0 Å². The molecule has 4 heteroatoms. The maximum Gasteiger partial charge on any atom is 0.376 e. The number of rotatable bonds is 1. The second kappa shape index (κ2) is 3.63. The van der Waals surface area contributed by atoms with Crippen LogP contribution >= 0.6 is 0 Å². The van der Waals surface area contributed by atoms with Gasteiger partial charge in [0, 0.05) is 6.54 Å². The zero-order valence-corrected chi connectivity index (χ0v) is 8.27. The smallest absolute Gasteiger partial charge is 0.376 e. The first-order valence-corrected chi connectivity index (χ1v) is 4.90. The average molecular weight is 191 g/mol. The Labute approximate surface area is 84.1 Å². The van der Waals surface area contributed by atoms with Gasteiger partial charge in [0.25, 0.3) is 0 Å². The summed E-state index contributed by atoms with van der Waals surface area (Å²) in [5, 5.41) is 19.0. The van der Waals surface area contributed by atoms with E-state index in [2.05, 4.69) is 0 Å². The van der Waals surface area contributed by atoms with Crippen LogP contribution in [0.5, 0.6) is 5.75 Å². The van der Waals surface area contributed by atoms with Gasteiger partial charge in [-0.1, -0.05) is 12.1 Å². The molecule has 0 fully saturated rings. The van der Waals surface area contributed by atoms with Crippen LogP contribution in [0.3, 0.4) is 0 Å². The molecule has 1 aromatic carbocycles. The summed E-state index contributed by atoms with van der Waals surface area (Å²) in [6.07, 6.45) is 0.812. The van der Waals surface area contributed by atoms with Gasteiger partial charge in [-0.15, -0.1) is 0 Å². The number of hydrogen-bond donors (Lipinski definition) is 2. The first-order chi connectivity index (χ1) is 6.68. The minimum Gasteiger partial charge on any atom is -0.508 e. The fourth-order valence-corrected chi connectivity index (χ4v) is 1.93. The van der Waals surface area contributed by atoms with Crippen molar-refractivity contribution in [2.75, 3.05) is 6.54 Å². The van der Waals surface area contributed by atoms with Crippen molar-refractivity contribution in [3.8, 4) is 5.75 Å². The Morgan fingerprint density at radius 1 is 1.43 bits per heavy atom. The Hall–Kier alpha value is -0.995. The van der Waals surface area contributed by atoms with Crippen molar-refractivity contribution >= 4 is 7.05 Å². The van der Waals surface area contributed by atoms with Crippen LogP contribution in [0.4, 0.5) is 0 Å². The average Bonchev–Trinajstić information content (AvgIpc) is 2.17. The highest BCUT2D eigenvalue weighted by Crippen LogP contribution is 2.26. The standard InChI is InChI=1S/C10H14BNO2/c1-11(14)12-6-5-9-8(7-12)3-2-4-10(9)13/h2-4,13-14H,5-7H2,1H3. The lowest BCUT2D eigenvalue weighted by Gasteiger charge is -2.29. The molecule has 0 atom stereocenters. The molecular formula is C10H14BNO2. The van der Waals surface area contributed by atoms with E-state index in [0.29, 0.717) is 5.75 Å². The maximum absolute atomic E-state index is 9.60. The van der Waals surface area contributed by atoms with Gasteiger partial charge in [0.2, 0.25) is 0 Å². The Bertz CT molecular complexity index is 341. The third kappa shape index (κ3) is 1.63. The summed E-state index contributed by atoms with van der Waals surface area (Å²) in [4.78, 5) is 1.99. The second-order valence-corrected chi connectivity index (χ2v) is 3.77. The highest BCUT2D eigenvalue weighted by Gasteiger charge is 2.23. The fourth-order valence-electron chi connectivity index (χ4n) is 1.93. The molecule has 0 aliphatic carbocycles. The van der Waals surface area contributed by atoms with Crippen molar-refractivity contribution in [2.24, 2.45) is 0 Å². The molecule has 2 N–H and O–H groups in total. The number of nitrogens with zero attached hydrogens (tertiary/aromatic N) is 1. The molecule has 0 bridgehead atoms. The molecule has 0 saturated heterocycles. The van der Waals surface area contributed by atoms with Crippen molar-refractivity contribution in [1.29, 1.82) is 0 Å². The van der Waals surface area contributed by atoms with E-state index < -0.39 is 7.05 Å². The first kappa shape index (κ1) is 9.56. The van der Waals surface area contributed by atoms with Crippen LogP contribution in [0.15, 0.2) is 18.2 Å². The van der Waals surface area contributed by atoms with Gasteiger partial charge >= 0.3 is 7.05 Å². The first-order valence-electron chi connectivity index (χ1n) is 4.90. The van der Waals surface area contributed by atoms with E-state index in [9.17, 15) is 10.1 Å². The van der Waals surface area contributed by atoms with Gasteiger partial charge in [-0.2, -0.15) is 0 Å². The molecule has 0 radical (unpaired) electrons. The molecule has 0 unspecified atom stereocenters. The molecule has 1 aromatic rings. The Kier molecular flexibility index (Phi) is 2.48. The van der Waals surface area contributed by atoms with Crippen LogP contribution in [0.1, 0.15) is 11.1 Å². The molecule has 0 spiro atoms. The van der Waals surface area contributed by atoms with E-state index >= 15 is 0 Å². The molecule has 0 saturated carbocycles. The van der Waals surface area contributed by atoms with Gasteiger partial charge in [0.05, 0.1) is 0 Å². The number of hydrogen-bond acceptors (Lipinski definition) is 3. The lowest BCUT2D eigenvalue weighted by atomic mass is 9.81. The molecule has 1 aliphatic rings. The molecular weight excluding hydrogens is 177 g/mol. The van der Waals surface area contributed by atoms with Gasteiger partial charge in [0.15, 0.2) is 0 Å². The summed E-state index contributed by atoms with van der Waals surface area (Å²) in [5.41, 5.74) is 2.15. The van der Waals surface area contributed by atoms with E-state index in [1.807, 2.05) is 16.9 Å². The van der Waals surface area contributed by atoms with Crippen molar-refractivity contribution < 1.29 is 10.1 Å². The zero-order chi connectivity index (χ0) is 10.1. The number of phenolic OH excluding ortho intramolecular Hbond substituents is 1. The lowest BCUT2D eigenvalue weighted by Crippen LogP contribution is -2.40. The van der Waals surface area contributed by atoms with Crippen LogP contribution in [-0.4, -0.2) is 28.5 Å². The molecule has 74 valence electrons. The van der Waals surface area contributed by atoms with Gasteiger partial charge in [-0.3, -0.25) is 0 Å². The van der Waals surface area contributed by atoms with Crippen LogP contribution in [-0.2, 0) is 13.0 Å². The monoisotopic (exact) mass is 191 g/mol. The van der Waals surface area contributed by atoms with E-state index in [-0.39, 0.29) is 0 Å². The van der Waals surface area contributed by atoms with Gasteiger partial charge in [-0.25, -0.2) is 0 Å². The largest absolute Gasteiger partial charge is 0.508 e. The highest BCUT2D eigenvalue weighted by molar-refractivity contribution is 6.45. The van der Waals surface area contributed by atoms with E-state index in [4.69, 9.17) is 0 Å². The lowest BCUT2D eigenvalue weighted by molar-refractivity contribution is 0.341. The summed E-state index contributed by atoms with van der Waals surface area (Å²) in [5.74, 6) is 0.382. The van der Waals surface area contributed by atoms with E-state index in [1.165, 1.54) is 0 Å². The SMILES string of the molecule is CB(O)N1CCc2c(O)cccc2C1. The summed E-state index contributed by atoms with van der Waals surface area (Å²) in [6, 6.07) is 5.57. The summed E-state index contributed by atoms with van der Waals surface area (Å²) in [7, 11) is -0.412. The number of aromatic hydroxyl groups is 1. The van der Waals surface area contributed by atoms with Gasteiger partial charge < -0.3 is 14.9 Å². The number of phenols is 1. The molecule has 1 heterocycles. The minimum atomic E-state index is -0.412. The summed E-state index contributed by atoms with van der Waals surface area (Å²) in [6.45, 7) is 3.30. The van der Waals surface area contributed by atoms with Crippen LogP contribution < -0.4 is 0 Å². The maximum atomic E-state index is 9.60. The molecule has 2 rings (SSSR count). The van der Waals surface area contributed by atoms with Crippen molar-refractivity contribution in [3.63, 3.8) is 0 Å². The molecule has 3 nitrogen and oxygen atoms in total. The van der Waals surface area contributed by atoms with Crippen LogP contribution in [0, 0.1) is 0 Å². The van der Waals surface area contributed by atoms with Crippen molar-refractivity contribution in [2.45, 2.75) is 19.8 Å².